The quantitative estimate of drug-likeness (QED) is 0.813. The molecule has 0 bridgehead atoms. The van der Waals surface area contributed by atoms with Crippen LogP contribution in [0, 0.1) is 5.92 Å². The molecule has 0 radical (unpaired) electrons. The number of nitrogens with one attached hydrogen (secondary N) is 2. The third kappa shape index (κ3) is 4.40. The minimum Gasteiger partial charge on any atom is -0.375 e. The van der Waals surface area contributed by atoms with E-state index in [1.54, 1.807) is 24.3 Å². The van der Waals surface area contributed by atoms with Crippen molar-refractivity contribution in [1.82, 2.24) is 4.90 Å². The maximum absolute atomic E-state index is 12.5. The summed E-state index contributed by atoms with van der Waals surface area (Å²) in [5.41, 5.74) is 1.28. The van der Waals surface area contributed by atoms with E-state index >= 15 is 0 Å². The highest BCUT2D eigenvalue weighted by Gasteiger charge is 2.38. The predicted octanol–water partition coefficient (Wildman–Crippen LogP) is 2.00. The number of hydrogen-bond acceptors (Lipinski definition) is 4. The van der Waals surface area contributed by atoms with Gasteiger partial charge in [-0.05, 0) is 37.1 Å². The molecule has 7 nitrogen and oxygen atoms in total. The Hall–Kier alpha value is -2.41. The highest BCUT2D eigenvalue weighted by atomic mass is 16.5. The Kier molecular flexibility index (Phi) is 5.88. The first-order valence-corrected chi connectivity index (χ1v) is 9.06. The van der Waals surface area contributed by atoms with E-state index in [1.165, 1.54) is 20.0 Å². The number of carbonyl (C=O) groups is 3. The summed E-state index contributed by atoms with van der Waals surface area (Å²) in [6.07, 6.45) is 4.72. The predicted molar refractivity (Wildman–Crippen MR) is 97.7 cm³/mol. The van der Waals surface area contributed by atoms with E-state index in [0.29, 0.717) is 24.0 Å². The minimum atomic E-state index is -0.302. The molecule has 1 saturated carbocycles. The molecule has 1 atom stereocenters. The van der Waals surface area contributed by atoms with Gasteiger partial charge in [0.2, 0.25) is 17.7 Å². The molecule has 7 heteroatoms. The van der Waals surface area contributed by atoms with Crippen LogP contribution in [0.4, 0.5) is 11.4 Å². The lowest BCUT2D eigenvalue weighted by Crippen LogP contribution is -2.35. The fraction of sp³-hybridized carbons (Fsp3) is 0.526. The molecule has 0 spiro atoms. The summed E-state index contributed by atoms with van der Waals surface area (Å²) in [5, 5.41) is 5.56. The van der Waals surface area contributed by atoms with Crippen LogP contribution in [0.25, 0.3) is 0 Å². The van der Waals surface area contributed by atoms with Gasteiger partial charge in [0.15, 0.2) is 0 Å². The van der Waals surface area contributed by atoms with Crippen LogP contribution in [0.5, 0.6) is 0 Å². The molecule has 1 unspecified atom stereocenters. The first-order valence-electron chi connectivity index (χ1n) is 9.06. The van der Waals surface area contributed by atoms with Crippen LogP contribution in [-0.2, 0) is 19.1 Å². The highest BCUT2D eigenvalue weighted by Crippen LogP contribution is 2.30. The number of likely N-dealkylation sites (tertiary alicyclic amines) is 1. The second kappa shape index (κ2) is 8.31. The number of anilines is 2. The SMILES string of the molecule is COCC(=O)Nc1ccc(NC(=O)C2CC(=O)N(C3CCCC3)C2)cc1. The van der Waals surface area contributed by atoms with Gasteiger partial charge in [-0.1, -0.05) is 12.8 Å². The van der Waals surface area contributed by atoms with Crippen LogP contribution >= 0.6 is 0 Å². The lowest BCUT2D eigenvalue weighted by Gasteiger charge is -2.23. The number of hydrogen-bond donors (Lipinski definition) is 2. The second-order valence-corrected chi connectivity index (χ2v) is 6.93. The number of carbonyl (C=O) groups excluding carboxylic acids is 3. The zero-order valence-corrected chi connectivity index (χ0v) is 15.0. The average Bonchev–Trinajstić information content (AvgIpc) is 3.26. The van der Waals surface area contributed by atoms with Crippen LogP contribution in [-0.4, -0.2) is 48.9 Å². The summed E-state index contributed by atoms with van der Waals surface area (Å²) in [6, 6.07) is 7.20. The smallest absolute Gasteiger partial charge is 0.250 e. The highest BCUT2D eigenvalue weighted by molar-refractivity contribution is 5.97. The summed E-state index contributed by atoms with van der Waals surface area (Å²) < 4.78 is 4.76. The molecular formula is C19H25N3O4. The van der Waals surface area contributed by atoms with Gasteiger partial charge in [-0.15, -0.1) is 0 Å². The molecule has 2 fully saturated rings. The normalized spacial score (nSPS) is 20.4. The monoisotopic (exact) mass is 359 g/mol. The number of ether oxygens (including phenoxy) is 1. The van der Waals surface area contributed by atoms with Crippen molar-refractivity contribution in [1.29, 1.82) is 0 Å². The third-order valence-electron chi connectivity index (χ3n) is 5.01. The minimum absolute atomic E-state index is 0.00824. The second-order valence-electron chi connectivity index (χ2n) is 6.93. The van der Waals surface area contributed by atoms with Crippen LogP contribution in [0.2, 0.25) is 0 Å². The Morgan fingerprint density at radius 2 is 1.73 bits per heavy atom. The maximum atomic E-state index is 12.5. The third-order valence-corrected chi connectivity index (χ3v) is 5.01. The molecule has 140 valence electrons. The van der Waals surface area contributed by atoms with Crippen molar-refractivity contribution in [3.05, 3.63) is 24.3 Å². The fourth-order valence-corrected chi connectivity index (χ4v) is 3.69. The number of benzene rings is 1. The molecule has 1 heterocycles. The van der Waals surface area contributed by atoms with E-state index in [9.17, 15) is 14.4 Å². The largest absolute Gasteiger partial charge is 0.375 e. The Morgan fingerprint density at radius 1 is 1.12 bits per heavy atom. The van der Waals surface area contributed by atoms with Gasteiger partial charge in [0, 0.05) is 37.5 Å². The lowest BCUT2D eigenvalue weighted by atomic mass is 10.1. The van der Waals surface area contributed by atoms with E-state index in [0.717, 1.165) is 12.8 Å². The molecule has 2 aliphatic rings. The molecule has 3 amide bonds. The Bertz CT molecular complexity index is 668. The molecule has 26 heavy (non-hydrogen) atoms. The fourth-order valence-electron chi connectivity index (χ4n) is 3.69. The van der Waals surface area contributed by atoms with E-state index in [2.05, 4.69) is 10.6 Å². The number of nitrogens with zero attached hydrogens (tertiary/aromatic N) is 1. The van der Waals surface area contributed by atoms with Gasteiger partial charge >= 0.3 is 0 Å². The number of methoxy groups -OCH3 is 1. The van der Waals surface area contributed by atoms with Crippen molar-refractivity contribution in [2.75, 3.05) is 30.9 Å². The zero-order chi connectivity index (χ0) is 18.5. The molecule has 1 saturated heterocycles. The first kappa shape index (κ1) is 18.4. The Morgan fingerprint density at radius 3 is 2.35 bits per heavy atom. The summed E-state index contributed by atoms with van der Waals surface area (Å²) >= 11 is 0. The summed E-state index contributed by atoms with van der Waals surface area (Å²) in [5.74, 6) is -0.576. The van der Waals surface area contributed by atoms with Gasteiger partial charge in [0.05, 0.1) is 5.92 Å². The van der Waals surface area contributed by atoms with Crippen molar-refractivity contribution in [3.8, 4) is 0 Å². The maximum Gasteiger partial charge on any atom is 0.250 e. The van der Waals surface area contributed by atoms with Crippen molar-refractivity contribution < 1.29 is 19.1 Å². The lowest BCUT2D eigenvalue weighted by molar-refractivity contribution is -0.130. The van der Waals surface area contributed by atoms with E-state index < -0.39 is 0 Å². The molecule has 2 N–H and O–H groups in total. The molecular weight excluding hydrogens is 334 g/mol. The molecule has 1 aromatic carbocycles. The topological polar surface area (TPSA) is 87.7 Å². The average molecular weight is 359 g/mol. The summed E-state index contributed by atoms with van der Waals surface area (Å²) in [4.78, 5) is 38.1. The molecule has 3 rings (SSSR count). The van der Waals surface area contributed by atoms with Crippen LogP contribution in [0.15, 0.2) is 24.3 Å². The van der Waals surface area contributed by atoms with E-state index in [1.807, 2.05) is 4.90 Å². The Labute approximate surface area is 153 Å². The van der Waals surface area contributed by atoms with Gasteiger partial charge in [0.1, 0.15) is 6.61 Å². The Balaban J connectivity index is 1.53. The van der Waals surface area contributed by atoms with Crippen molar-refractivity contribution in [2.24, 2.45) is 5.92 Å². The van der Waals surface area contributed by atoms with Gasteiger partial charge in [-0.25, -0.2) is 0 Å². The van der Waals surface area contributed by atoms with Gasteiger partial charge < -0.3 is 20.3 Å². The van der Waals surface area contributed by atoms with Crippen molar-refractivity contribution in [2.45, 2.75) is 38.1 Å². The standard InChI is InChI=1S/C19H25N3O4/c1-26-12-17(23)20-14-6-8-15(9-7-14)21-19(25)13-10-18(24)22(11-13)16-4-2-3-5-16/h6-9,13,16H,2-5,10-12H2,1H3,(H,20,23)(H,21,25). The van der Waals surface area contributed by atoms with E-state index in [-0.39, 0.29) is 36.7 Å². The molecule has 1 aliphatic carbocycles. The van der Waals surface area contributed by atoms with Gasteiger partial charge in [-0.2, -0.15) is 0 Å². The molecule has 0 aromatic heterocycles. The summed E-state index contributed by atoms with van der Waals surface area (Å²) in [7, 11) is 1.46. The first-order chi connectivity index (χ1) is 12.6. The van der Waals surface area contributed by atoms with Crippen LogP contribution in [0.1, 0.15) is 32.1 Å². The number of amides is 3. The number of rotatable bonds is 6. The van der Waals surface area contributed by atoms with Crippen LogP contribution in [0.3, 0.4) is 0 Å². The van der Waals surface area contributed by atoms with Crippen molar-refractivity contribution in [3.63, 3.8) is 0 Å². The van der Waals surface area contributed by atoms with Crippen molar-refractivity contribution >= 4 is 29.1 Å². The molecule has 1 aromatic rings. The zero-order valence-electron chi connectivity index (χ0n) is 15.0. The van der Waals surface area contributed by atoms with Gasteiger partial charge in [0.25, 0.3) is 0 Å². The van der Waals surface area contributed by atoms with E-state index in [4.69, 9.17) is 4.74 Å². The summed E-state index contributed by atoms with van der Waals surface area (Å²) in [6.45, 7) is 0.506. The molecule has 1 aliphatic heterocycles. The van der Waals surface area contributed by atoms with Gasteiger partial charge in [-0.3, -0.25) is 14.4 Å². The van der Waals surface area contributed by atoms with Crippen LogP contribution < -0.4 is 10.6 Å².